The van der Waals surface area contributed by atoms with E-state index in [1.807, 2.05) is 37.8 Å². The maximum absolute atomic E-state index is 12.2. The lowest BCUT2D eigenvalue weighted by Gasteiger charge is -2.34. The highest BCUT2D eigenvalue weighted by molar-refractivity contribution is 5.68. The van der Waals surface area contributed by atoms with Crippen LogP contribution in [0.5, 0.6) is 0 Å². The average molecular weight is 400 g/mol. The lowest BCUT2D eigenvalue weighted by molar-refractivity contribution is 0.0240. The van der Waals surface area contributed by atoms with Gasteiger partial charge in [-0.25, -0.2) is 4.79 Å². The van der Waals surface area contributed by atoms with Crippen molar-refractivity contribution >= 4 is 12.0 Å². The fourth-order valence-electron chi connectivity index (χ4n) is 3.59. The average Bonchev–Trinajstić information content (AvgIpc) is 3.39. The Morgan fingerprint density at radius 3 is 2.69 bits per heavy atom. The van der Waals surface area contributed by atoms with Gasteiger partial charge < -0.3 is 23.8 Å². The summed E-state index contributed by atoms with van der Waals surface area (Å²) in [5.74, 6) is 1.04. The fraction of sp³-hybridized carbons (Fsp3) is 0.571. The number of hydrogen-bond acceptors (Lipinski definition) is 7. The van der Waals surface area contributed by atoms with Gasteiger partial charge in [0.25, 0.3) is 11.8 Å². The molecular formula is C21H28N4O4. The van der Waals surface area contributed by atoms with Crippen molar-refractivity contribution in [3.05, 3.63) is 29.8 Å². The topological polar surface area (TPSA) is 80.9 Å². The monoisotopic (exact) mass is 400 g/mol. The first-order chi connectivity index (χ1) is 13.9. The van der Waals surface area contributed by atoms with Crippen LogP contribution in [0.25, 0.3) is 11.5 Å². The van der Waals surface area contributed by atoms with E-state index in [0.717, 1.165) is 30.6 Å². The standard InChI is InChI=1S/C21H28N4O4/c1-21(2,3)28-20(26)25-11-9-24(10-12-25)19-22-18(29-23-19)16-7-4-6-15(14-16)17-8-5-13-27-17/h4,6-7,14,17H,5,8-13H2,1-3H3. The molecule has 0 radical (unpaired) electrons. The van der Waals surface area contributed by atoms with Crippen molar-refractivity contribution in [3.63, 3.8) is 0 Å². The number of aromatic nitrogens is 2. The molecule has 0 aliphatic carbocycles. The predicted octanol–water partition coefficient (Wildman–Crippen LogP) is 3.65. The van der Waals surface area contributed by atoms with Crippen LogP contribution in [0.2, 0.25) is 0 Å². The summed E-state index contributed by atoms with van der Waals surface area (Å²) in [6.45, 7) is 8.82. The van der Waals surface area contributed by atoms with Gasteiger partial charge in [0, 0.05) is 38.3 Å². The van der Waals surface area contributed by atoms with Gasteiger partial charge in [0.2, 0.25) is 0 Å². The van der Waals surface area contributed by atoms with Crippen LogP contribution in [0.3, 0.4) is 0 Å². The minimum Gasteiger partial charge on any atom is -0.444 e. The Bertz CT molecular complexity index is 846. The van der Waals surface area contributed by atoms with Crippen molar-refractivity contribution < 1.29 is 18.8 Å². The number of carbonyl (C=O) groups excluding carboxylic acids is 1. The van der Waals surface area contributed by atoms with Crippen molar-refractivity contribution in [2.24, 2.45) is 0 Å². The normalized spacial score (nSPS) is 20.2. The van der Waals surface area contributed by atoms with Crippen LogP contribution in [0.4, 0.5) is 10.7 Å². The zero-order chi connectivity index (χ0) is 20.4. The molecule has 0 bridgehead atoms. The van der Waals surface area contributed by atoms with Gasteiger partial charge in [-0.2, -0.15) is 4.98 Å². The highest BCUT2D eigenvalue weighted by Crippen LogP contribution is 2.31. The summed E-state index contributed by atoms with van der Waals surface area (Å²) in [7, 11) is 0. The maximum Gasteiger partial charge on any atom is 0.410 e. The first-order valence-electron chi connectivity index (χ1n) is 10.2. The van der Waals surface area contributed by atoms with E-state index < -0.39 is 5.60 Å². The Labute approximate surface area is 170 Å². The number of amides is 1. The molecule has 8 heteroatoms. The SMILES string of the molecule is CC(C)(C)OC(=O)N1CCN(c2noc(-c3cccc(C4CCCO4)c3)n2)CC1. The van der Waals surface area contributed by atoms with Crippen LogP contribution in [-0.4, -0.2) is 59.5 Å². The second-order valence-corrected chi connectivity index (χ2v) is 8.48. The third-order valence-electron chi connectivity index (χ3n) is 5.06. The van der Waals surface area contributed by atoms with Gasteiger partial charge in [-0.15, -0.1) is 0 Å². The van der Waals surface area contributed by atoms with Gasteiger partial charge in [0.15, 0.2) is 0 Å². The van der Waals surface area contributed by atoms with E-state index in [4.69, 9.17) is 14.0 Å². The Morgan fingerprint density at radius 1 is 1.21 bits per heavy atom. The molecular weight excluding hydrogens is 372 g/mol. The molecule has 0 saturated carbocycles. The van der Waals surface area contributed by atoms with Crippen molar-refractivity contribution in [2.45, 2.75) is 45.3 Å². The molecule has 156 valence electrons. The van der Waals surface area contributed by atoms with Crippen LogP contribution in [0.1, 0.15) is 45.3 Å². The summed E-state index contributed by atoms with van der Waals surface area (Å²) >= 11 is 0. The fourth-order valence-corrected chi connectivity index (χ4v) is 3.59. The molecule has 29 heavy (non-hydrogen) atoms. The molecule has 2 aliphatic heterocycles. The molecule has 1 atom stereocenters. The second kappa shape index (κ2) is 8.02. The molecule has 3 heterocycles. The number of piperazine rings is 1. The van der Waals surface area contributed by atoms with Gasteiger partial charge >= 0.3 is 6.09 Å². The number of carbonyl (C=O) groups is 1. The number of anilines is 1. The van der Waals surface area contributed by atoms with E-state index in [0.29, 0.717) is 38.0 Å². The number of benzene rings is 1. The molecule has 2 aliphatic rings. The third-order valence-corrected chi connectivity index (χ3v) is 5.06. The van der Waals surface area contributed by atoms with E-state index in [9.17, 15) is 4.79 Å². The van der Waals surface area contributed by atoms with Gasteiger partial charge in [-0.05, 0) is 56.5 Å². The minimum atomic E-state index is -0.491. The van der Waals surface area contributed by atoms with Crippen LogP contribution < -0.4 is 4.90 Å². The highest BCUT2D eigenvalue weighted by atomic mass is 16.6. The van der Waals surface area contributed by atoms with Crippen molar-refractivity contribution in [2.75, 3.05) is 37.7 Å². The molecule has 0 N–H and O–H groups in total. The van der Waals surface area contributed by atoms with Crippen LogP contribution in [0.15, 0.2) is 28.8 Å². The highest BCUT2D eigenvalue weighted by Gasteiger charge is 2.28. The molecule has 2 saturated heterocycles. The van der Waals surface area contributed by atoms with E-state index >= 15 is 0 Å². The summed E-state index contributed by atoms with van der Waals surface area (Å²) in [6.07, 6.45) is 2.00. The van der Waals surface area contributed by atoms with Crippen LogP contribution >= 0.6 is 0 Å². The number of hydrogen-bond donors (Lipinski definition) is 0. The smallest absolute Gasteiger partial charge is 0.410 e. The quantitative estimate of drug-likeness (QED) is 0.778. The Hall–Kier alpha value is -2.61. The third kappa shape index (κ3) is 4.70. The van der Waals surface area contributed by atoms with E-state index in [1.165, 1.54) is 0 Å². The van der Waals surface area contributed by atoms with E-state index in [2.05, 4.69) is 22.3 Å². The Morgan fingerprint density at radius 2 is 2.00 bits per heavy atom. The van der Waals surface area contributed by atoms with E-state index in [1.54, 1.807) is 4.90 Å². The molecule has 1 amide bonds. The van der Waals surface area contributed by atoms with Gasteiger partial charge in [-0.1, -0.05) is 12.1 Å². The van der Waals surface area contributed by atoms with Gasteiger partial charge in [0.05, 0.1) is 6.10 Å². The number of rotatable bonds is 3. The van der Waals surface area contributed by atoms with Gasteiger partial charge in [-0.3, -0.25) is 0 Å². The van der Waals surface area contributed by atoms with Gasteiger partial charge in [0.1, 0.15) is 5.60 Å². The second-order valence-electron chi connectivity index (χ2n) is 8.48. The molecule has 0 spiro atoms. The van der Waals surface area contributed by atoms with E-state index in [-0.39, 0.29) is 12.2 Å². The first-order valence-corrected chi connectivity index (χ1v) is 10.2. The zero-order valence-electron chi connectivity index (χ0n) is 17.3. The molecule has 2 fully saturated rings. The maximum atomic E-state index is 12.2. The van der Waals surface area contributed by atoms with Crippen LogP contribution in [-0.2, 0) is 9.47 Å². The Kier molecular flexibility index (Phi) is 5.45. The number of ether oxygens (including phenoxy) is 2. The molecule has 1 aromatic heterocycles. The molecule has 4 rings (SSSR count). The summed E-state index contributed by atoms with van der Waals surface area (Å²) in [5.41, 5.74) is 1.55. The van der Waals surface area contributed by atoms with Crippen molar-refractivity contribution in [1.82, 2.24) is 15.0 Å². The summed E-state index contributed by atoms with van der Waals surface area (Å²) < 4.78 is 16.7. The molecule has 1 unspecified atom stereocenters. The van der Waals surface area contributed by atoms with Crippen molar-refractivity contribution in [1.29, 1.82) is 0 Å². The lowest BCUT2D eigenvalue weighted by atomic mass is 10.0. The largest absolute Gasteiger partial charge is 0.444 e. The Balaban J connectivity index is 1.39. The zero-order valence-corrected chi connectivity index (χ0v) is 17.3. The molecule has 8 nitrogen and oxygen atoms in total. The summed E-state index contributed by atoms with van der Waals surface area (Å²) in [5, 5.41) is 4.15. The number of nitrogens with zero attached hydrogens (tertiary/aromatic N) is 4. The molecule has 2 aromatic rings. The minimum absolute atomic E-state index is 0.151. The summed E-state index contributed by atoms with van der Waals surface area (Å²) in [6, 6.07) is 8.10. The predicted molar refractivity (Wildman–Crippen MR) is 108 cm³/mol. The first kappa shape index (κ1) is 19.7. The van der Waals surface area contributed by atoms with Crippen molar-refractivity contribution in [3.8, 4) is 11.5 Å². The summed E-state index contributed by atoms with van der Waals surface area (Å²) in [4.78, 5) is 20.5. The lowest BCUT2D eigenvalue weighted by Crippen LogP contribution is -2.50. The van der Waals surface area contributed by atoms with Crippen LogP contribution in [0, 0.1) is 0 Å². The molecule has 1 aromatic carbocycles.